The van der Waals surface area contributed by atoms with E-state index in [2.05, 4.69) is 10.6 Å². The van der Waals surface area contributed by atoms with Gasteiger partial charge in [0.25, 0.3) is 0 Å². The van der Waals surface area contributed by atoms with Crippen molar-refractivity contribution in [2.24, 2.45) is 5.73 Å². The summed E-state index contributed by atoms with van der Waals surface area (Å²) in [5.74, 6) is -1.55. The Morgan fingerprint density at radius 2 is 1.95 bits per heavy atom. The molecule has 0 aliphatic rings. The molecule has 0 aliphatic heterocycles. The molecule has 0 bridgehead atoms. The van der Waals surface area contributed by atoms with Crippen LogP contribution < -0.4 is 16.4 Å². The van der Waals surface area contributed by atoms with Crippen LogP contribution in [0.1, 0.15) is 18.4 Å². The molecule has 1 unspecified atom stereocenters. The van der Waals surface area contributed by atoms with E-state index in [1.165, 1.54) is 0 Å². The van der Waals surface area contributed by atoms with Crippen molar-refractivity contribution in [1.82, 2.24) is 10.6 Å². The number of carboxylic acids is 1. The second kappa shape index (κ2) is 8.57. The van der Waals surface area contributed by atoms with E-state index in [0.717, 1.165) is 5.56 Å². The maximum absolute atomic E-state index is 11.8. The summed E-state index contributed by atoms with van der Waals surface area (Å²) in [7, 11) is 0. The Bertz CT molecular complexity index is 490. The molecule has 0 fully saturated rings. The van der Waals surface area contributed by atoms with E-state index in [0.29, 0.717) is 13.0 Å². The van der Waals surface area contributed by atoms with Gasteiger partial charge in [0, 0.05) is 6.54 Å². The van der Waals surface area contributed by atoms with Gasteiger partial charge in [-0.3, -0.25) is 10.2 Å². The minimum absolute atomic E-state index is 0.149. The van der Waals surface area contributed by atoms with Crippen LogP contribution in [0, 0.1) is 5.41 Å². The molecule has 0 saturated heterocycles. The van der Waals surface area contributed by atoms with Crippen molar-refractivity contribution in [1.29, 1.82) is 5.41 Å². The average Bonchev–Trinajstić information content (AvgIpc) is 2.42. The predicted molar refractivity (Wildman–Crippen MR) is 78.9 cm³/mol. The smallest absolute Gasteiger partial charge is 0.326 e. The Kier molecular flexibility index (Phi) is 6.73. The molecule has 0 radical (unpaired) electrons. The molecule has 1 rings (SSSR count). The van der Waals surface area contributed by atoms with E-state index in [1.54, 1.807) is 0 Å². The summed E-state index contributed by atoms with van der Waals surface area (Å²) in [5.41, 5.74) is 5.95. The van der Waals surface area contributed by atoms with Crippen molar-refractivity contribution in [3.63, 3.8) is 0 Å². The first-order chi connectivity index (χ1) is 9.99. The highest BCUT2D eigenvalue weighted by molar-refractivity contribution is 5.84. The third kappa shape index (κ3) is 6.95. The summed E-state index contributed by atoms with van der Waals surface area (Å²) in [6, 6.07) is 8.19. The maximum atomic E-state index is 11.8. The number of amides is 1. The number of hydrogen-bond acceptors (Lipinski definition) is 3. The summed E-state index contributed by atoms with van der Waals surface area (Å²) >= 11 is 0. The molecule has 7 heteroatoms. The largest absolute Gasteiger partial charge is 0.480 e. The standard InChI is InChI=1S/C14H20N4O3/c15-14(16)17-8-4-7-11(13(20)21)18-12(19)9-10-5-2-1-3-6-10/h1-3,5-6,11H,4,7-9H2,(H,18,19)(H,20,21)(H4,15,16,17). The monoisotopic (exact) mass is 292 g/mol. The van der Waals surface area contributed by atoms with Crippen molar-refractivity contribution in [3.05, 3.63) is 35.9 Å². The number of guanidine groups is 1. The highest BCUT2D eigenvalue weighted by Crippen LogP contribution is 2.02. The van der Waals surface area contributed by atoms with Crippen LogP contribution in [0.2, 0.25) is 0 Å². The van der Waals surface area contributed by atoms with E-state index < -0.39 is 12.0 Å². The second-order valence-corrected chi connectivity index (χ2v) is 4.60. The fraction of sp³-hybridized carbons (Fsp3) is 0.357. The van der Waals surface area contributed by atoms with Crippen molar-refractivity contribution in [3.8, 4) is 0 Å². The van der Waals surface area contributed by atoms with E-state index in [-0.39, 0.29) is 24.7 Å². The molecule has 1 aromatic carbocycles. The lowest BCUT2D eigenvalue weighted by Crippen LogP contribution is -2.42. The van der Waals surface area contributed by atoms with Crippen LogP contribution in [0.4, 0.5) is 0 Å². The zero-order chi connectivity index (χ0) is 15.7. The Hall–Kier alpha value is -2.57. The number of rotatable bonds is 8. The summed E-state index contributed by atoms with van der Waals surface area (Å²) < 4.78 is 0. The van der Waals surface area contributed by atoms with E-state index in [1.807, 2.05) is 30.3 Å². The van der Waals surface area contributed by atoms with Crippen LogP contribution in [0.3, 0.4) is 0 Å². The normalized spacial score (nSPS) is 11.4. The first kappa shape index (κ1) is 16.5. The minimum Gasteiger partial charge on any atom is -0.480 e. The Balaban J connectivity index is 2.41. The van der Waals surface area contributed by atoms with Crippen molar-refractivity contribution < 1.29 is 14.7 Å². The number of carbonyl (C=O) groups is 2. The topological polar surface area (TPSA) is 128 Å². The lowest BCUT2D eigenvalue weighted by atomic mass is 10.1. The molecule has 1 amide bonds. The first-order valence-corrected chi connectivity index (χ1v) is 6.63. The minimum atomic E-state index is -1.07. The van der Waals surface area contributed by atoms with Gasteiger partial charge in [-0.05, 0) is 18.4 Å². The van der Waals surface area contributed by atoms with E-state index in [4.69, 9.17) is 16.2 Å². The van der Waals surface area contributed by atoms with E-state index >= 15 is 0 Å². The summed E-state index contributed by atoms with van der Waals surface area (Å²) in [6.45, 7) is 0.396. The molecule has 0 saturated carbocycles. The van der Waals surface area contributed by atoms with Gasteiger partial charge in [0.2, 0.25) is 5.91 Å². The predicted octanol–water partition coefficient (Wildman–Crippen LogP) is 0.0618. The molecule has 6 N–H and O–H groups in total. The number of carbonyl (C=O) groups excluding carboxylic acids is 1. The number of carboxylic acid groups (broad SMARTS) is 1. The van der Waals surface area contributed by atoms with Gasteiger partial charge in [-0.15, -0.1) is 0 Å². The van der Waals surface area contributed by atoms with Crippen LogP contribution in [0.5, 0.6) is 0 Å². The van der Waals surface area contributed by atoms with E-state index in [9.17, 15) is 9.59 Å². The van der Waals surface area contributed by atoms with Crippen LogP contribution in [0.15, 0.2) is 30.3 Å². The van der Waals surface area contributed by atoms with Gasteiger partial charge in [0.05, 0.1) is 6.42 Å². The van der Waals surface area contributed by atoms with Crippen molar-refractivity contribution in [2.75, 3.05) is 6.54 Å². The SMILES string of the molecule is N=C(N)NCCCC(NC(=O)Cc1ccccc1)C(=O)O. The molecular formula is C14H20N4O3. The lowest BCUT2D eigenvalue weighted by molar-refractivity contribution is -0.141. The van der Waals surface area contributed by atoms with Gasteiger partial charge in [-0.1, -0.05) is 30.3 Å². The first-order valence-electron chi connectivity index (χ1n) is 6.63. The van der Waals surface area contributed by atoms with Gasteiger partial charge < -0.3 is 21.5 Å². The third-order valence-corrected chi connectivity index (χ3v) is 2.83. The number of aliphatic carboxylic acids is 1. The van der Waals surface area contributed by atoms with Gasteiger partial charge in [0.1, 0.15) is 6.04 Å². The van der Waals surface area contributed by atoms with Gasteiger partial charge in [-0.25, -0.2) is 4.79 Å². The molecule has 7 nitrogen and oxygen atoms in total. The Morgan fingerprint density at radius 3 is 2.52 bits per heavy atom. The zero-order valence-corrected chi connectivity index (χ0v) is 11.6. The Labute approximate surface area is 123 Å². The summed E-state index contributed by atoms with van der Waals surface area (Å²) in [6.07, 6.45) is 0.911. The number of nitrogens with two attached hydrogens (primary N) is 1. The summed E-state index contributed by atoms with van der Waals surface area (Å²) in [4.78, 5) is 22.9. The molecule has 114 valence electrons. The molecule has 21 heavy (non-hydrogen) atoms. The molecule has 1 aromatic rings. The molecule has 1 atom stereocenters. The lowest BCUT2D eigenvalue weighted by Gasteiger charge is -2.14. The summed E-state index contributed by atoms with van der Waals surface area (Å²) in [5, 5.41) is 21.2. The van der Waals surface area contributed by atoms with Gasteiger partial charge in [0.15, 0.2) is 5.96 Å². The maximum Gasteiger partial charge on any atom is 0.326 e. The number of benzene rings is 1. The van der Waals surface area contributed by atoms with Crippen LogP contribution in [-0.2, 0) is 16.0 Å². The van der Waals surface area contributed by atoms with Crippen LogP contribution in [0.25, 0.3) is 0 Å². The zero-order valence-electron chi connectivity index (χ0n) is 11.6. The van der Waals surface area contributed by atoms with Crippen LogP contribution in [-0.4, -0.2) is 35.5 Å². The average molecular weight is 292 g/mol. The molecule has 0 aromatic heterocycles. The van der Waals surface area contributed by atoms with Gasteiger partial charge in [-0.2, -0.15) is 0 Å². The molecule has 0 spiro atoms. The van der Waals surface area contributed by atoms with Crippen molar-refractivity contribution in [2.45, 2.75) is 25.3 Å². The molecule has 0 heterocycles. The Morgan fingerprint density at radius 1 is 1.29 bits per heavy atom. The third-order valence-electron chi connectivity index (χ3n) is 2.83. The van der Waals surface area contributed by atoms with Gasteiger partial charge >= 0.3 is 5.97 Å². The van der Waals surface area contributed by atoms with Crippen molar-refractivity contribution >= 4 is 17.8 Å². The molecular weight excluding hydrogens is 272 g/mol. The second-order valence-electron chi connectivity index (χ2n) is 4.60. The highest BCUT2D eigenvalue weighted by Gasteiger charge is 2.19. The quantitative estimate of drug-likeness (QED) is 0.263. The number of hydrogen-bond donors (Lipinski definition) is 5. The van der Waals surface area contributed by atoms with Crippen LogP contribution >= 0.6 is 0 Å². The molecule has 0 aliphatic carbocycles. The fourth-order valence-corrected chi connectivity index (χ4v) is 1.81. The fourth-order valence-electron chi connectivity index (χ4n) is 1.81. The highest BCUT2D eigenvalue weighted by atomic mass is 16.4. The number of nitrogens with one attached hydrogen (secondary N) is 3.